The van der Waals surface area contributed by atoms with Gasteiger partial charge >= 0.3 is 5.97 Å². The van der Waals surface area contributed by atoms with E-state index in [9.17, 15) is 24.8 Å². The fourth-order valence-corrected chi connectivity index (χ4v) is 2.94. The van der Waals surface area contributed by atoms with Crippen LogP contribution in [0.25, 0.3) is 10.9 Å². The van der Waals surface area contributed by atoms with E-state index in [2.05, 4.69) is 0 Å². The van der Waals surface area contributed by atoms with Gasteiger partial charge < -0.3 is 9.67 Å². The molecule has 0 amide bonds. The molecule has 0 saturated heterocycles. The number of aryl methyl sites for hydroxylation is 2. The number of carboxylic acid groups (broad SMARTS) is 1. The van der Waals surface area contributed by atoms with Gasteiger partial charge in [0.1, 0.15) is 5.56 Å². The maximum absolute atomic E-state index is 12.6. The van der Waals surface area contributed by atoms with Gasteiger partial charge in [0, 0.05) is 17.6 Å². The van der Waals surface area contributed by atoms with Gasteiger partial charge in [-0.05, 0) is 36.2 Å². The van der Waals surface area contributed by atoms with Crippen molar-refractivity contribution in [2.75, 3.05) is 0 Å². The van der Waals surface area contributed by atoms with Crippen LogP contribution in [0.15, 0.2) is 53.3 Å². The monoisotopic (exact) mass is 372 g/mol. The van der Waals surface area contributed by atoms with Crippen LogP contribution < -0.4 is 5.56 Å². The fraction of sp³-hybridized carbons (Fsp3) is 0.111. The van der Waals surface area contributed by atoms with Crippen LogP contribution in [-0.2, 0) is 13.0 Å². The number of pyridine rings is 1. The number of fused-ring (bicyclic) bond motifs is 1. The lowest BCUT2D eigenvalue weighted by molar-refractivity contribution is -0.383. The Morgan fingerprint density at radius 3 is 2.50 bits per heavy atom. The lowest BCUT2D eigenvalue weighted by Crippen LogP contribution is -2.27. The highest BCUT2D eigenvalue weighted by molar-refractivity contribution is 6.30. The van der Waals surface area contributed by atoms with E-state index in [0.717, 1.165) is 11.6 Å². The summed E-state index contributed by atoms with van der Waals surface area (Å²) in [5, 5.41) is 21.3. The molecule has 8 heteroatoms. The molecule has 0 aliphatic rings. The molecule has 0 saturated carbocycles. The molecule has 26 heavy (non-hydrogen) atoms. The molecule has 2 aromatic carbocycles. The first-order valence-corrected chi connectivity index (χ1v) is 8.05. The Balaban J connectivity index is 2.15. The maximum atomic E-state index is 12.6. The largest absolute Gasteiger partial charge is 0.477 e. The smallest absolute Gasteiger partial charge is 0.341 e. The molecule has 7 nitrogen and oxygen atoms in total. The second-order valence-electron chi connectivity index (χ2n) is 5.66. The SMILES string of the molecule is O=C(O)c1cc2c([N+](=O)[O-])cccc2n(CCc2ccc(Cl)cc2)c1=O. The molecule has 0 atom stereocenters. The zero-order valence-electron chi connectivity index (χ0n) is 13.4. The highest BCUT2D eigenvalue weighted by atomic mass is 35.5. The van der Waals surface area contributed by atoms with E-state index in [4.69, 9.17) is 11.6 Å². The van der Waals surface area contributed by atoms with Gasteiger partial charge in [0.05, 0.1) is 15.8 Å². The summed E-state index contributed by atoms with van der Waals surface area (Å²) in [7, 11) is 0. The number of halogens is 1. The van der Waals surface area contributed by atoms with Gasteiger partial charge in [0.15, 0.2) is 0 Å². The van der Waals surface area contributed by atoms with Crippen molar-refractivity contribution in [1.82, 2.24) is 4.57 Å². The number of carbonyl (C=O) groups is 1. The van der Waals surface area contributed by atoms with Gasteiger partial charge in [-0.1, -0.05) is 29.8 Å². The van der Waals surface area contributed by atoms with Crippen molar-refractivity contribution in [2.45, 2.75) is 13.0 Å². The number of non-ortho nitro benzene ring substituents is 1. The summed E-state index contributed by atoms with van der Waals surface area (Å²) in [6.07, 6.45) is 0.442. The Morgan fingerprint density at radius 1 is 1.19 bits per heavy atom. The number of aromatic nitrogens is 1. The van der Waals surface area contributed by atoms with Crippen molar-refractivity contribution < 1.29 is 14.8 Å². The Labute approximate surface area is 152 Å². The van der Waals surface area contributed by atoms with Gasteiger partial charge in [-0.2, -0.15) is 0 Å². The summed E-state index contributed by atoms with van der Waals surface area (Å²) < 4.78 is 1.26. The van der Waals surface area contributed by atoms with E-state index < -0.39 is 22.0 Å². The van der Waals surface area contributed by atoms with Crippen molar-refractivity contribution in [3.8, 4) is 0 Å². The zero-order chi connectivity index (χ0) is 18.8. The topological polar surface area (TPSA) is 102 Å². The summed E-state index contributed by atoms with van der Waals surface area (Å²) in [6, 6.07) is 12.4. The third-order valence-corrected chi connectivity index (χ3v) is 4.33. The van der Waals surface area contributed by atoms with Crippen LogP contribution in [0.4, 0.5) is 5.69 Å². The molecule has 0 fully saturated rings. The third kappa shape index (κ3) is 3.29. The number of nitrogens with zero attached hydrogens (tertiary/aromatic N) is 2. The van der Waals surface area contributed by atoms with Gasteiger partial charge in [0.25, 0.3) is 11.2 Å². The molecule has 0 spiro atoms. The van der Waals surface area contributed by atoms with Gasteiger partial charge in [-0.15, -0.1) is 0 Å². The number of rotatable bonds is 5. The predicted molar refractivity (Wildman–Crippen MR) is 97.0 cm³/mol. The first-order valence-electron chi connectivity index (χ1n) is 7.67. The number of benzene rings is 2. The minimum atomic E-state index is -1.42. The van der Waals surface area contributed by atoms with Gasteiger partial charge in [-0.25, -0.2) is 4.79 Å². The molecule has 0 aliphatic heterocycles. The van der Waals surface area contributed by atoms with Crippen LogP contribution in [0.5, 0.6) is 0 Å². The van der Waals surface area contributed by atoms with E-state index >= 15 is 0 Å². The van der Waals surface area contributed by atoms with Crippen LogP contribution in [0.3, 0.4) is 0 Å². The van der Waals surface area contributed by atoms with Gasteiger partial charge in [-0.3, -0.25) is 14.9 Å². The maximum Gasteiger partial charge on any atom is 0.341 e. The first-order chi connectivity index (χ1) is 12.4. The fourth-order valence-electron chi connectivity index (χ4n) is 2.81. The average molecular weight is 373 g/mol. The predicted octanol–water partition coefficient (Wildman–Crippen LogP) is 3.50. The molecule has 3 rings (SSSR count). The molecule has 0 unspecified atom stereocenters. The lowest BCUT2D eigenvalue weighted by Gasteiger charge is -2.12. The second-order valence-corrected chi connectivity index (χ2v) is 6.10. The summed E-state index contributed by atoms with van der Waals surface area (Å²) in [5.74, 6) is -1.42. The highest BCUT2D eigenvalue weighted by Gasteiger charge is 2.20. The molecule has 132 valence electrons. The van der Waals surface area contributed by atoms with Crippen molar-refractivity contribution in [3.63, 3.8) is 0 Å². The second kappa shape index (κ2) is 6.97. The van der Waals surface area contributed by atoms with Crippen LogP contribution in [0, 0.1) is 10.1 Å². The van der Waals surface area contributed by atoms with Crippen molar-refractivity contribution >= 4 is 34.2 Å². The molecule has 0 radical (unpaired) electrons. The van der Waals surface area contributed by atoms with E-state index in [0.29, 0.717) is 17.0 Å². The normalized spacial score (nSPS) is 10.8. The standard InChI is InChI=1S/C18H13ClN2O5/c19-12-6-4-11(5-7-12)8-9-20-15-2-1-3-16(21(25)26)13(15)10-14(17(20)22)18(23)24/h1-7,10H,8-9H2,(H,23,24). The third-order valence-electron chi connectivity index (χ3n) is 4.08. The van der Waals surface area contributed by atoms with E-state index in [1.807, 2.05) is 0 Å². The van der Waals surface area contributed by atoms with Crippen LogP contribution in [0.1, 0.15) is 15.9 Å². The number of aromatic carboxylic acids is 1. The molecular weight excluding hydrogens is 360 g/mol. The van der Waals surface area contributed by atoms with E-state index in [1.54, 1.807) is 30.3 Å². The average Bonchev–Trinajstić information content (AvgIpc) is 2.61. The summed E-state index contributed by atoms with van der Waals surface area (Å²) in [5.41, 5.74) is -0.212. The molecule has 0 bridgehead atoms. The first kappa shape index (κ1) is 17.6. The van der Waals surface area contributed by atoms with Crippen molar-refractivity contribution in [2.24, 2.45) is 0 Å². The van der Waals surface area contributed by atoms with Crippen molar-refractivity contribution in [1.29, 1.82) is 0 Å². The Bertz CT molecular complexity index is 1070. The number of nitro benzene ring substituents is 1. The summed E-state index contributed by atoms with van der Waals surface area (Å²) >= 11 is 5.85. The highest BCUT2D eigenvalue weighted by Crippen LogP contribution is 2.25. The number of nitro groups is 1. The zero-order valence-corrected chi connectivity index (χ0v) is 14.1. The van der Waals surface area contributed by atoms with Crippen LogP contribution in [0.2, 0.25) is 5.02 Å². The lowest BCUT2D eigenvalue weighted by atomic mass is 10.1. The van der Waals surface area contributed by atoms with Crippen molar-refractivity contribution in [3.05, 3.63) is 85.1 Å². The number of hydrogen-bond donors (Lipinski definition) is 1. The summed E-state index contributed by atoms with van der Waals surface area (Å²) in [6.45, 7) is 0.180. The molecule has 1 heterocycles. The van der Waals surface area contributed by atoms with Crippen LogP contribution >= 0.6 is 11.6 Å². The Morgan fingerprint density at radius 2 is 1.88 bits per heavy atom. The van der Waals surface area contributed by atoms with E-state index in [-0.39, 0.29) is 17.6 Å². The Hall–Kier alpha value is -3.19. The molecule has 1 aromatic heterocycles. The van der Waals surface area contributed by atoms with E-state index in [1.165, 1.54) is 16.7 Å². The number of hydrogen-bond acceptors (Lipinski definition) is 4. The van der Waals surface area contributed by atoms with Crippen LogP contribution in [-0.4, -0.2) is 20.6 Å². The molecule has 1 N–H and O–H groups in total. The number of carboxylic acids is 1. The minimum Gasteiger partial charge on any atom is -0.477 e. The van der Waals surface area contributed by atoms with Gasteiger partial charge in [0.2, 0.25) is 0 Å². The quantitative estimate of drug-likeness (QED) is 0.545. The Kier molecular flexibility index (Phi) is 4.73. The molecule has 3 aromatic rings. The summed E-state index contributed by atoms with van der Waals surface area (Å²) in [4.78, 5) is 34.7. The molecule has 0 aliphatic carbocycles. The minimum absolute atomic E-state index is 0.116. The molecular formula is C18H13ClN2O5.